The van der Waals surface area contributed by atoms with Gasteiger partial charge in [0.2, 0.25) is 5.16 Å². The number of fused-ring (bicyclic) bond motifs is 1. The number of hydrogen-bond acceptors (Lipinski definition) is 6. The van der Waals surface area contributed by atoms with E-state index in [-0.39, 0.29) is 17.4 Å². The lowest BCUT2D eigenvalue weighted by Gasteiger charge is -2.19. The minimum absolute atomic E-state index is 0.0408. The number of anilines is 1. The van der Waals surface area contributed by atoms with E-state index < -0.39 is 10.0 Å². The Morgan fingerprint density at radius 2 is 1.71 bits per heavy atom. The van der Waals surface area contributed by atoms with E-state index in [0.29, 0.717) is 28.6 Å². The Bertz CT molecular complexity index is 1800. The van der Waals surface area contributed by atoms with E-state index >= 15 is 0 Å². The van der Waals surface area contributed by atoms with Crippen LogP contribution in [0.25, 0.3) is 22.6 Å². The quantitative estimate of drug-likeness (QED) is 0.318. The summed E-state index contributed by atoms with van der Waals surface area (Å²) in [6.45, 7) is 4.52. The van der Waals surface area contributed by atoms with Crippen molar-refractivity contribution >= 4 is 26.9 Å². The van der Waals surface area contributed by atoms with Crippen molar-refractivity contribution in [1.82, 2.24) is 28.7 Å². The van der Waals surface area contributed by atoms with Gasteiger partial charge in [0.05, 0.1) is 18.4 Å². The minimum Gasteiger partial charge on any atom is -0.323 e. The molecule has 5 rings (SSSR count). The first-order valence-electron chi connectivity index (χ1n) is 12.2. The van der Waals surface area contributed by atoms with Crippen molar-refractivity contribution in [2.45, 2.75) is 31.5 Å². The van der Waals surface area contributed by atoms with E-state index in [0.717, 1.165) is 16.7 Å². The molecule has 0 saturated heterocycles. The summed E-state index contributed by atoms with van der Waals surface area (Å²) < 4.78 is 31.8. The van der Waals surface area contributed by atoms with Gasteiger partial charge in [0.25, 0.3) is 10.0 Å². The van der Waals surface area contributed by atoms with Gasteiger partial charge in [-0.2, -0.15) is 8.42 Å². The highest BCUT2D eigenvalue weighted by Gasteiger charge is 2.25. The molecule has 0 radical (unpaired) electrons. The molecule has 5 aromatic rings. The van der Waals surface area contributed by atoms with Crippen LogP contribution in [-0.4, -0.2) is 44.1 Å². The van der Waals surface area contributed by atoms with E-state index in [2.05, 4.69) is 29.9 Å². The average Bonchev–Trinajstić information content (AvgIpc) is 3.45. The minimum atomic E-state index is -3.81. The number of sulfonamides is 1. The summed E-state index contributed by atoms with van der Waals surface area (Å²) >= 11 is 0. The molecule has 0 unspecified atom stereocenters. The Hall–Kier alpha value is -4.25. The molecule has 0 bridgehead atoms. The smallest absolute Gasteiger partial charge is 0.323 e. The molecule has 0 amide bonds. The van der Waals surface area contributed by atoms with Crippen molar-refractivity contribution in [2.75, 3.05) is 11.4 Å². The Kier molecular flexibility index (Phi) is 6.39. The molecule has 0 aliphatic carbocycles. The summed E-state index contributed by atoms with van der Waals surface area (Å²) in [5.41, 5.74) is 4.36. The summed E-state index contributed by atoms with van der Waals surface area (Å²) in [5.74, 6) is 0.860. The predicted molar refractivity (Wildman–Crippen MR) is 147 cm³/mol. The first-order valence-corrected chi connectivity index (χ1v) is 13.6. The fourth-order valence-corrected chi connectivity index (χ4v) is 5.77. The second-order valence-electron chi connectivity index (χ2n) is 9.53. The summed E-state index contributed by atoms with van der Waals surface area (Å²) in [5, 5.41) is -0.0408. The topological polar surface area (TPSA) is 108 Å². The van der Waals surface area contributed by atoms with Crippen molar-refractivity contribution in [3.63, 3.8) is 0 Å². The molecule has 0 saturated carbocycles. The molecule has 38 heavy (non-hydrogen) atoms. The van der Waals surface area contributed by atoms with Crippen molar-refractivity contribution in [1.29, 1.82) is 0 Å². The summed E-state index contributed by atoms with van der Waals surface area (Å²) in [6.07, 6.45) is 4.72. The van der Waals surface area contributed by atoms with Gasteiger partial charge < -0.3 is 4.57 Å². The van der Waals surface area contributed by atoms with E-state index in [1.54, 1.807) is 55.3 Å². The van der Waals surface area contributed by atoms with Gasteiger partial charge in [-0.3, -0.25) is 13.4 Å². The summed E-state index contributed by atoms with van der Waals surface area (Å²) in [4.78, 5) is 26.5. The van der Waals surface area contributed by atoms with Gasteiger partial charge in [0.1, 0.15) is 5.52 Å². The largest absolute Gasteiger partial charge is 0.330 e. The van der Waals surface area contributed by atoms with Crippen molar-refractivity contribution < 1.29 is 8.42 Å². The maximum atomic E-state index is 13.1. The molecule has 0 spiro atoms. The summed E-state index contributed by atoms with van der Waals surface area (Å²) in [6, 6.07) is 15.1. The monoisotopic (exact) mass is 531 g/mol. The van der Waals surface area contributed by atoms with Gasteiger partial charge in [0, 0.05) is 39.1 Å². The molecule has 10 nitrogen and oxygen atoms in total. The van der Waals surface area contributed by atoms with Crippen LogP contribution in [0.15, 0.2) is 77.1 Å². The fourth-order valence-electron chi connectivity index (χ4n) is 4.51. The first-order chi connectivity index (χ1) is 18.1. The van der Waals surface area contributed by atoms with Crippen LogP contribution in [0.2, 0.25) is 0 Å². The number of rotatable bonds is 7. The normalized spacial score (nSPS) is 11.9. The lowest BCUT2D eigenvalue weighted by Crippen LogP contribution is -2.28. The molecule has 2 aromatic carbocycles. The molecule has 3 aromatic heterocycles. The first kappa shape index (κ1) is 25.4. The van der Waals surface area contributed by atoms with Gasteiger partial charge in [0.15, 0.2) is 11.5 Å². The SMILES string of the molecule is CC(C)c1ccccc1-c1ncc2c(n1)n(Cc1ccc(N(C)S(=O)(=O)c3nccn3C)cc1)c(=O)n2C. The molecule has 196 valence electrons. The highest BCUT2D eigenvalue weighted by molar-refractivity contribution is 7.92. The van der Waals surface area contributed by atoms with Crippen LogP contribution in [0.4, 0.5) is 5.69 Å². The molecular formula is C27H29N7O3S. The van der Waals surface area contributed by atoms with Crippen LogP contribution < -0.4 is 9.99 Å². The van der Waals surface area contributed by atoms with Crippen LogP contribution in [0.5, 0.6) is 0 Å². The highest BCUT2D eigenvalue weighted by atomic mass is 32.2. The second kappa shape index (κ2) is 9.56. The molecule has 0 atom stereocenters. The Labute approximate surface area is 220 Å². The zero-order valence-electron chi connectivity index (χ0n) is 21.9. The molecule has 0 aliphatic heterocycles. The van der Waals surface area contributed by atoms with Gasteiger partial charge in [-0.1, -0.05) is 50.2 Å². The molecule has 0 N–H and O–H groups in total. The van der Waals surface area contributed by atoms with Crippen molar-refractivity contribution in [2.24, 2.45) is 14.1 Å². The van der Waals surface area contributed by atoms with Gasteiger partial charge in [-0.15, -0.1) is 0 Å². The van der Waals surface area contributed by atoms with E-state index in [9.17, 15) is 13.2 Å². The average molecular weight is 532 g/mol. The molecular weight excluding hydrogens is 502 g/mol. The standard InChI is InChI=1S/C27H29N7O3S/c1-18(2)21-8-6-7-9-22(21)24-29-16-23-25(30-24)34(27(35)32(23)4)17-19-10-12-20(13-11-19)33(5)38(36,37)26-28-14-15-31(26)3/h6-16,18H,17H2,1-5H3. The lowest BCUT2D eigenvalue weighted by atomic mass is 9.97. The van der Waals surface area contributed by atoms with Crippen LogP contribution in [0.3, 0.4) is 0 Å². The number of hydrogen-bond donors (Lipinski definition) is 0. The Morgan fingerprint density at radius 1 is 1.00 bits per heavy atom. The summed E-state index contributed by atoms with van der Waals surface area (Å²) in [7, 11) is 1.01. The maximum Gasteiger partial charge on any atom is 0.330 e. The number of nitrogens with zero attached hydrogens (tertiary/aromatic N) is 7. The van der Waals surface area contributed by atoms with E-state index in [1.165, 1.54) is 26.7 Å². The third kappa shape index (κ3) is 4.28. The number of imidazole rings is 2. The molecule has 3 heterocycles. The zero-order valence-corrected chi connectivity index (χ0v) is 22.7. The van der Waals surface area contributed by atoms with Crippen LogP contribution in [0, 0.1) is 0 Å². The lowest BCUT2D eigenvalue weighted by molar-refractivity contribution is 0.577. The van der Waals surface area contributed by atoms with Crippen LogP contribution in [-0.2, 0) is 30.7 Å². The van der Waals surface area contributed by atoms with E-state index in [4.69, 9.17) is 4.98 Å². The van der Waals surface area contributed by atoms with Gasteiger partial charge >= 0.3 is 5.69 Å². The van der Waals surface area contributed by atoms with E-state index in [1.807, 2.05) is 18.2 Å². The number of benzene rings is 2. The Morgan fingerprint density at radius 3 is 2.37 bits per heavy atom. The molecule has 0 fully saturated rings. The second-order valence-corrected chi connectivity index (χ2v) is 11.4. The van der Waals surface area contributed by atoms with Gasteiger partial charge in [-0.05, 0) is 29.2 Å². The maximum absolute atomic E-state index is 13.1. The highest BCUT2D eigenvalue weighted by Crippen LogP contribution is 2.28. The third-order valence-corrected chi connectivity index (χ3v) is 8.50. The third-order valence-electron chi connectivity index (χ3n) is 6.72. The van der Waals surface area contributed by atoms with Crippen molar-refractivity contribution in [3.05, 3.63) is 88.7 Å². The zero-order chi connectivity index (χ0) is 27.2. The fraction of sp³-hybridized carbons (Fsp3) is 0.259. The molecule has 0 aliphatic rings. The Balaban J connectivity index is 1.49. The van der Waals surface area contributed by atoms with Crippen molar-refractivity contribution in [3.8, 4) is 11.4 Å². The number of aromatic nitrogens is 6. The van der Waals surface area contributed by atoms with Crippen LogP contribution >= 0.6 is 0 Å². The van der Waals surface area contributed by atoms with Crippen LogP contribution in [0.1, 0.15) is 30.9 Å². The molecule has 11 heteroatoms. The van der Waals surface area contributed by atoms with Gasteiger partial charge in [-0.25, -0.2) is 19.7 Å². The predicted octanol–water partition coefficient (Wildman–Crippen LogP) is 3.53. The number of aryl methyl sites for hydroxylation is 2.